The molecule has 0 aliphatic rings. The number of rotatable bonds is 10. The molecule has 0 heterocycles. The van der Waals surface area contributed by atoms with E-state index in [-0.39, 0.29) is 18.3 Å². The van der Waals surface area contributed by atoms with Crippen LogP contribution in [0.15, 0.2) is 30.3 Å². The molecule has 34 heavy (non-hydrogen) atoms. The number of carbonyl (C=O) groups excluding carboxylic acids is 4. The summed E-state index contributed by atoms with van der Waals surface area (Å²) in [7, 11) is 1.25. The van der Waals surface area contributed by atoms with E-state index in [2.05, 4.69) is 16.0 Å². The molecule has 0 bridgehead atoms. The Hall–Kier alpha value is -3.10. The molecule has 190 valence electrons. The van der Waals surface area contributed by atoms with E-state index in [0.29, 0.717) is 0 Å². The monoisotopic (exact) mass is 477 g/mol. The first-order valence-electron chi connectivity index (χ1n) is 11.5. The zero-order chi connectivity index (χ0) is 26.1. The Labute approximate surface area is 202 Å². The van der Waals surface area contributed by atoms with E-state index < -0.39 is 47.6 Å². The molecule has 0 fully saturated rings. The molecule has 0 spiro atoms. The van der Waals surface area contributed by atoms with Crippen LogP contribution in [0.4, 0.5) is 4.79 Å². The highest BCUT2D eigenvalue weighted by Gasteiger charge is 2.33. The van der Waals surface area contributed by atoms with Gasteiger partial charge in [0.1, 0.15) is 23.7 Å². The Balaban J connectivity index is 2.96. The Morgan fingerprint density at radius 3 is 1.79 bits per heavy atom. The second-order valence-corrected chi connectivity index (χ2v) is 9.87. The quantitative estimate of drug-likeness (QED) is 0.445. The van der Waals surface area contributed by atoms with Gasteiger partial charge in [0.25, 0.3) is 0 Å². The molecule has 0 radical (unpaired) electrons. The molecule has 0 saturated carbocycles. The molecule has 0 aliphatic carbocycles. The number of amides is 3. The van der Waals surface area contributed by atoms with Crippen molar-refractivity contribution in [3.63, 3.8) is 0 Å². The third-order valence-electron chi connectivity index (χ3n) is 4.95. The fourth-order valence-electron chi connectivity index (χ4n) is 3.19. The number of hydrogen-bond acceptors (Lipinski definition) is 6. The minimum atomic E-state index is -0.933. The molecule has 9 nitrogen and oxygen atoms in total. The van der Waals surface area contributed by atoms with Crippen LogP contribution in [0.25, 0.3) is 0 Å². The lowest BCUT2D eigenvalue weighted by atomic mass is 9.99. The summed E-state index contributed by atoms with van der Waals surface area (Å²) >= 11 is 0. The minimum absolute atomic E-state index is 0.243. The van der Waals surface area contributed by atoms with Crippen LogP contribution in [-0.4, -0.2) is 54.7 Å². The van der Waals surface area contributed by atoms with E-state index in [1.54, 1.807) is 48.5 Å². The van der Waals surface area contributed by atoms with Gasteiger partial charge < -0.3 is 25.4 Å². The van der Waals surface area contributed by atoms with Crippen molar-refractivity contribution in [2.45, 2.75) is 78.6 Å². The van der Waals surface area contributed by atoms with Gasteiger partial charge in [-0.3, -0.25) is 9.59 Å². The number of carbonyl (C=O) groups is 4. The molecular weight excluding hydrogens is 438 g/mol. The van der Waals surface area contributed by atoms with Crippen LogP contribution in [0.1, 0.15) is 54.0 Å². The zero-order valence-corrected chi connectivity index (χ0v) is 21.4. The lowest BCUT2D eigenvalue weighted by molar-refractivity contribution is -0.145. The molecule has 3 atom stereocenters. The summed E-state index contributed by atoms with van der Waals surface area (Å²) in [6.45, 7) is 12.3. The van der Waals surface area contributed by atoms with Crippen molar-refractivity contribution in [1.82, 2.24) is 16.0 Å². The second kappa shape index (κ2) is 13.0. The summed E-state index contributed by atoms with van der Waals surface area (Å²) in [6.07, 6.45) is -0.479. The number of benzene rings is 1. The first-order chi connectivity index (χ1) is 15.7. The summed E-state index contributed by atoms with van der Waals surface area (Å²) in [5.41, 5.74) is 0.133. The van der Waals surface area contributed by atoms with Crippen molar-refractivity contribution in [2.24, 2.45) is 11.8 Å². The molecule has 0 aromatic heterocycles. The van der Waals surface area contributed by atoms with Crippen molar-refractivity contribution in [2.75, 3.05) is 7.11 Å². The normalized spacial score (nSPS) is 14.1. The van der Waals surface area contributed by atoms with Gasteiger partial charge >= 0.3 is 12.1 Å². The van der Waals surface area contributed by atoms with Crippen molar-refractivity contribution in [3.8, 4) is 0 Å². The van der Waals surface area contributed by atoms with Gasteiger partial charge in [0.2, 0.25) is 11.8 Å². The Bertz CT molecular complexity index is 833. The van der Waals surface area contributed by atoms with Crippen molar-refractivity contribution >= 4 is 23.9 Å². The molecule has 9 heteroatoms. The predicted molar refractivity (Wildman–Crippen MR) is 129 cm³/mol. The van der Waals surface area contributed by atoms with Crippen molar-refractivity contribution < 1.29 is 28.7 Å². The molecule has 1 aromatic rings. The second-order valence-electron chi connectivity index (χ2n) is 9.87. The van der Waals surface area contributed by atoms with Crippen LogP contribution >= 0.6 is 0 Å². The molecule has 3 amide bonds. The predicted octanol–water partition coefficient (Wildman–Crippen LogP) is 2.58. The zero-order valence-electron chi connectivity index (χ0n) is 21.4. The summed E-state index contributed by atoms with van der Waals surface area (Å²) in [5.74, 6) is -2.17. The molecule has 3 N–H and O–H groups in total. The first-order valence-corrected chi connectivity index (χ1v) is 11.5. The van der Waals surface area contributed by atoms with E-state index in [0.717, 1.165) is 5.56 Å². The molecule has 0 aliphatic heterocycles. The van der Waals surface area contributed by atoms with Gasteiger partial charge in [0.05, 0.1) is 7.11 Å². The number of esters is 1. The lowest BCUT2D eigenvalue weighted by Crippen LogP contribution is -2.59. The summed E-state index contributed by atoms with van der Waals surface area (Å²) in [5, 5.41) is 8.00. The molecule has 0 saturated heterocycles. The van der Waals surface area contributed by atoms with Gasteiger partial charge in [-0.1, -0.05) is 58.0 Å². The molecular formula is C25H39N3O6. The van der Waals surface area contributed by atoms with Gasteiger partial charge in [-0.15, -0.1) is 0 Å². The van der Waals surface area contributed by atoms with Crippen molar-refractivity contribution in [1.29, 1.82) is 0 Å². The van der Waals surface area contributed by atoms with Crippen LogP contribution in [-0.2, 0) is 30.3 Å². The largest absolute Gasteiger partial charge is 0.467 e. The number of methoxy groups -OCH3 is 1. The average molecular weight is 478 g/mol. The van der Waals surface area contributed by atoms with Crippen LogP contribution in [0.5, 0.6) is 0 Å². The maximum Gasteiger partial charge on any atom is 0.408 e. The number of ether oxygens (including phenoxy) is 2. The van der Waals surface area contributed by atoms with E-state index in [1.807, 2.05) is 30.3 Å². The number of alkyl carbamates (subject to hydrolysis) is 1. The van der Waals surface area contributed by atoms with E-state index in [1.165, 1.54) is 7.11 Å². The highest BCUT2D eigenvalue weighted by Crippen LogP contribution is 2.11. The summed E-state index contributed by atoms with van der Waals surface area (Å²) < 4.78 is 10.1. The maximum absolute atomic E-state index is 13.1. The highest BCUT2D eigenvalue weighted by molar-refractivity contribution is 5.93. The van der Waals surface area contributed by atoms with Gasteiger partial charge in [0, 0.05) is 6.42 Å². The Morgan fingerprint density at radius 2 is 1.32 bits per heavy atom. The van der Waals surface area contributed by atoms with Crippen LogP contribution in [0, 0.1) is 11.8 Å². The number of nitrogens with one attached hydrogen (secondary N) is 3. The summed E-state index contributed by atoms with van der Waals surface area (Å²) in [4.78, 5) is 50.6. The van der Waals surface area contributed by atoms with E-state index in [9.17, 15) is 19.2 Å². The topological polar surface area (TPSA) is 123 Å². The Morgan fingerprint density at radius 1 is 0.824 bits per heavy atom. The maximum atomic E-state index is 13.1. The standard InChI is InChI=1S/C25H39N3O6/c1-15(2)19(27-22(30)20(16(3)4)28-24(32)34-25(5,6)7)21(29)26-18(23(31)33-8)14-17-12-10-9-11-13-17/h9-13,15-16,18-20H,14H2,1-8H3,(H,26,29)(H,27,30)(H,28,32)/t18-,19+,20+/m1/s1. The number of hydrogen-bond donors (Lipinski definition) is 3. The van der Waals surface area contributed by atoms with Crippen LogP contribution in [0.2, 0.25) is 0 Å². The van der Waals surface area contributed by atoms with Crippen LogP contribution < -0.4 is 16.0 Å². The fourth-order valence-corrected chi connectivity index (χ4v) is 3.19. The SMILES string of the molecule is COC(=O)[C@@H](Cc1ccccc1)NC(=O)[C@@H](NC(=O)[C@@H](NC(=O)OC(C)(C)C)C(C)C)C(C)C. The minimum Gasteiger partial charge on any atom is -0.467 e. The first kappa shape index (κ1) is 28.9. The van der Waals surface area contributed by atoms with E-state index in [4.69, 9.17) is 9.47 Å². The highest BCUT2D eigenvalue weighted by atomic mass is 16.6. The van der Waals surface area contributed by atoms with Crippen molar-refractivity contribution in [3.05, 3.63) is 35.9 Å². The van der Waals surface area contributed by atoms with E-state index >= 15 is 0 Å². The summed E-state index contributed by atoms with van der Waals surface area (Å²) in [6, 6.07) is 6.47. The third-order valence-corrected chi connectivity index (χ3v) is 4.95. The molecule has 1 aromatic carbocycles. The lowest BCUT2D eigenvalue weighted by Gasteiger charge is -2.29. The van der Waals surface area contributed by atoms with Gasteiger partial charge in [-0.25, -0.2) is 9.59 Å². The van der Waals surface area contributed by atoms with Crippen LogP contribution in [0.3, 0.4) is 0 Å². The van der Waals surface area contributed by atoms with Gasteiger partial charge in [0.15, 0.2) is 0 Å². The third kappa shape index (κ3) is 9.80. The average Bonchev–Trinajstić information content (AvgIpc) is 2.73. The fraction of sp³-hybridized carbons (Fsp3) is 0.600. The Kier molecular flexibility index (Phi) is 11.0. The van der Waals surface area contributed by atoms with Gasteiger partial charge in [-0.05, 0) is 38.2 Å². The molecule has 0 unspecified atom stereocenters. The molecule has 1 rings (SSSR count). The smallest absolute Gasteiger partial charge is 0.408 e. The van der Waals surface area contributed by atoms with Gasteiger partial charge in [-0.2, -0.15) is 0 Å².